The third kappa shape index (κ3) is 5.03. The Balaban J connectivity index is 1.25. The quantitative estimate of drug-likeness (QED) is 0.320. The van der Waals surface area contributed by atoms with Gasteiger partial charge in [0, 0.05) is 31.3 Å². The molecule has 0 radical (unpaired) electrons. The molecule has 12 heteroatoms. The lowest BCUT2D eigenvalue weighted by Gasteiger charge is -2.30. The number of ether oxygens (including phenoxy) is 1. The summed E-state index contributed by atoms with van der Waals surface area (Å²) >= 11 is 0. The molecule has 1 aromatic carbocycles. The van der Waals surface area contributed by atoms with E-state index >= 15 is 4.39 Å². The van der Waals surface area contributed by atoms with Gasteiger partial charge < -0.3 is 15.4 Å². The van der Waals surface area contributed by atoms with Crippen molar-refractivity contribution in [2.45, 2.75) is 62.2 Å². The van der Waals surface area contributed by atoms with Crippen LogP contribution in [-0.4, -0.2) is 69.8 Å². The van der Waals surface area contributed by atoms with Crippen LogP contribution >= 0.6 is 0 Å². The molecule has 228 valence electrons. The smallest absolute Gasteiger partial charge is 0.319 e. The van der Waals surface area contributed by atoms with Gasteiger partial charge in [-0.25, -0.2) is 13.2 Å². The van der Waals surface area contributed by atoms with Gasteiger partial charge in [-0.05, 0) is 55.2 Å². The number of amides is 1. The lowest BCUT2D eigenvalue weighted by Crippen LogP contribution is -2.43. The summed E-state index contributed by atoms with van der Waals surface area (Å²) in [6.45, 7) is 4.27. The topological polar surface area (TPSA) is 116 Å². The van der Waals surface area contributed by atoms with Gasteiger partial charge in [0.1, 0.15) is 29.8 Å². The van der Waals surface area contributed by atoms with E-state index in [1.807, 2.05) is 18.2 Å². The van der Waals surface area contributed by atoms with Gasteiger partial charge in [-0.2, -0.15) is 15.2 Å². The van der Waals surface area contributed by atoms with Crippen molar-refractivity contribution in [1.82, 2.24) is 25.2 Å². The molecule has 1 saturated carbocycles. The number of halogens is 3. The number of nitrogens with zero attached hydrogens (tertiary/aromatic N) is 5. The van der Waals surface area contributed by atoms with Crippen LogP contribution in [0.15, 0.2) is 36.8 Å². The van der Waals surface area contributed by atoms with Crippen LogP contribution in [0.25, 0.3) is 22.2 Å². The van der Waals surface area contributed by atoms with E-state index in [0.29, 0.717) is 24.8 Å². The normalized spacial score (nSPS) is 25.5. The lowest BCUT2D eigenvalue weighted by atomic mass is 9.95. The number of carbonyl (C=O) groups excluding carboxylic acids is 1. The van der Waals surface area contributed by atoms with E-state index in [9.17, 15) is 18.8 Å². The van der Waals surface area contributed by atoms with E-state index in [1.165, 1.54) is 11.8 Å². The molecule has 3 aromatic rings. The third-order valence-electron chi connectivity index (χ3n) is 9.56. The van der Waals surface area contributed by atoms with Crippen LogP contribution < -0.4 is 15.4 Å². The van der Waals surface area contributed by atoms with Crippen LogP contribution in [0.2, 0.25) is 0 Å². The summed E-state index contributed by atoms with van der Waals surface area (Å²) in [6.07, 6.45) is 4.60. The van der Waals surface area contributed by atoms with Crippen molar-refractivity contribution < 1.29 is 22.7 Å². The maximum absolute atomic E-state index is 16.5. The second-order valence-electron chi connectivity index (χ2n) is 12.4. The van der Waals surface area contributed by atoms with Gasteiger partial charge in [-0.15, -0.1) is 0 Å². The number of aromatic nitrogens is 3. The number of rotatable bonds is 10. The molecule has 3 fully saturated rings. The number of hydrogen-bond acceptors (Lipinski definition) is 8. The van der Waals surface area contributed by atoms with E-state index in [1.54, 1.807) is 0 Å². The van der Waals surface area contributed by atoms with Gasteiger partial charge in [0.25, 0.3) is 5.91 Å². The number of carbonyl (C=O) groups is 1. The zero-order valence-electron chi connectivity index (χ0n) is 24.1. The van der Waals surface area contributed by atoms with Gasteiger partial charge in [0.15, 0.2) is 11.6 Å². The van der Waals surface area contributed by atoms with Crippen LogP contribution in [0.3, 0.4) is 0 Å². The van der Waals surface area contributed by atoms with Crippen LogP contribution in [0.5, 0.6) is 6.01 Å². The number of anilines is 1. The highest BCUT2D eigenvalue weighted by molar-refractivity contribution is 5.92. The van der Waals surface area contributed by atoms with Gasteiger partial charge in [0.2, 0.25) is 0 Å². The Bertz CT molecular complexity index is 1710. The molecule has 9 nitrogen and oxygen atoms in total. The fourth-order valence-electron chi connectivity index (χ4n) is 7.38. The summed E-state index contributed by atoms with van der Waals surface area (Å²) < 4.78 is 50.3. The maximum atomic E-state index is 16.5. The van der Waals surface area contributed by atoms with Gasteiger partial charge in [0.05, 0.1) is 29.5 Å². The molecule has 0 bridgehead atoms. The molecule has 4 heterocycles. The summed E-state index contributed by atoms with van der Waals surface area (Å²) in [5.74, 6) is -1.61. The van der Waals surface area contributed by atoms with E-state index in [0.717, 1.165) is 43.4 Å². The van der Waals surface area contributed by atoms with Crippen LogP contribution in [-0.2, 0) is 11.2 Å². The van der Waals surface area contributed by atoms with Gasteiger partial charge in [-0.3, -0.25) is 14.7 Å². The first-order valence-electron chi connectivity index (χ1n) is 15.0. The zero-order chi connectivity index (χ0) is 30.6. The first kappa shape index (κ1) is 28.5. The second-order valence-corrected chi connectivity index (χ2v) is 12.4. The summed E-state index contributed by atoms with van der Waals surface area (Å²) in [7, 11) is 0. The molecular formula is C32H32F3N7O2. The molecule has 2 aliphatic heterocycles. The Hall–Kier alpha value is -4.24. The standard InChI is InChI=1S/C32H32F3N7O2/c1-17(33)30(43)39-21(6-8-36)13-38-29-24-14-37-27(22-5-2-4-18-10-19-11-23(19)25(18)22)26(35)28(24)40-31(41-29)44-16-32-7-3-9-42(32)15-20(34)12-32/h2,4-5,14,19-21,23H,1,3,6-7,9-13,15-16H2,(H,39,43)(H,38,40,41)/t19-,20+,21-,23+,32-/m0/s1. The predicted molar refractivity (Wildman–Crippen MR) is 157 cm³/mol. The van der Waals surface area contributed by atoms with Crippen molar-refractivity contribution >= 4 is 22.6 Å². The number of benzene rings is 1. The SMILES string of the molecule is C=C(F)C(=O)N[C@@H](CC#N)CNc1nc(OC[C@@]23CCCN2C[C@H](F)C3)nc2c(F)c(-c3cccc4c3[C@@H]3C[C@@H]3C4)ncc12. The highest BCUT2D eigenvalue weighted by atomic mass is 19.1. The number of hydrogen-bond donors (Lipinski definition) is 2. The number of nitrogens with one attached hydrogen (secondary N) is 2. The Morgan fingerprint density at radius 3 is 3.02 bits per heavy atom. The molecule has 5 atom stereocenters. The van der Waals surface area contributed by atoms with Crippen molar-refractivity contribution in [1.29, 1.82) is 5.26 Å². The highest BCUT2D eigenvalue weighted by Gasteiger charge is 2.49. The Labute approximate surface area is 252 Å². The van der Waals surface area contributed by atoms with E-state index in [2.05, 4.69) is 43.1 Å². The van der Waals surface area contributed by atoms with E-state index < -0.39 is 35.3 Å². The minimum absolute atomic E-state index is 0.000908. The number of fused-ring (bicyclic) bond motifs is 5. The fraction of sp³-hybridized carbons (Fsp3) is 0.469. The molecule has 7 rings (SSSR count). The van der Waals surface area contributed by atoms with Gasteiger partial charge >= 0.3 is 6.01 Å². The molecule has 1 amide bonds. The van der Waals surface area contributed by atoms with Crippen molar-refractivity contribution in [2.24, 2.45) is 5.92 Å². The molecule has 4 aliphatic rings. The summed E-state index contributed by atoms with van der Waals surface area (Å²) in [4.78, 5) is 27.5. The average Bonchev–Trinajstić information content (AvgIpc) is 3.32. The molecule has 2 N–H and O–H groups in total. The number of nitriles is 1. The maximum Gasteiger partial charge on any atom is 0.319 e. The van der Waals surface area contributed by atoms with Crippen LogP contribution in [0.1, 0.15) is 49.1 Å². The summed E-state index contributed by atoms with van der Waals surface area (Å²) in [6, 6.07) is 6.99. The van der Waals surface area contributed by atoms with Crippen molar-refractivity contribution in [3.8, 4) is 23.3 Å². The first-order valence-corrected chi connectivity index (χ1v) is 15.0. The van der Waals surface area contributed by atoms with Crippen LogP contribution in [0.4, 0.5) is 19.0 Å². The first-order chi connectivity index (χ1) is 21.3. The van der Waals surface area contributed by atoms with E-state index in [-0.39, 0.29) is 48.0 Å². The average molecular weight is 604 g/mol. The highest BCUT2D eigenvalue weighted by Crippen LogP contribution is 2.58. The number of alkyl halides is 1. The van der Waals surface area contributed by atoms with E-state index in [4.69, 9.17) is 4.74 Å². The minimum Gasteiger partial charge on any atom is -0.461 e. The van der Waals surface area contributed by atoms with Crippen LogP contribution in [0, 0.1) is 23.1 Å². The summed E-state index contributed by atoms with van der Waals surface area (Å²) in [5.41, 5.74) is 2.87. The zero-order valence-corrected chi connectivity index (χ0v) is 24.1. The molecule has 2 aromatic heterocycles. The Morgan fingerprint density at radius 2 is 2.20 bits per heavy atom. The van der Waals surface area contributed by atoms with Crippen molar-refractivity contribution in [2.75, 3.05) is 31.6 Å². The molecular weight excluding hydrogens is 571 g/mol. The molecule has 2 saturated heterocycles. The van der Waals surface area contributed by atoms with Crippen molar-refractivity contribution in [3.63, 3.8) is 0 Å². The molecule has 2 aliphatic carbocycles. The lowest BCUT2D eigenvalue weighted by molar-refractivity contribution is -0.119. The Kier molecular flexibility index (Phi) is 7.16. The minimum atomic E-state index is -1.18. The molecule has 0 spiro atoms. The molecule has 44 heavy (non-hydrogen) atoms. The monoisotopic (exact) mass is 603 g/mol. The Morgan fingerprint density at radius 1 is 1.34 bits per heavy atom. The molecule has 0 unspecified atom stereocenters. The summed E-state index contributed by atoms with van der Waals surface area (Å²) in [5, 5.41) is 15.0. The second kappa shape index (κ2) is 11.0. The predicted octanol–water partition coefficient (Wildman–Crippen LogP) is 4.74. The fourth-order valence-corrected chi connectivity index (χ4v) is 7.38. The van der Waals surface area contributed by atoms with Gasteiger partial charge in [-0.1, -0.05) is 24.8 Å². The number of pyridine rings is 1. The van der Waals surface area contributed by atoms with Crippen molar-refractivity contribution in [3.05, 3.63) is 53.7 Å². The third-order valence-corrected chi connectivity index (χ3v) is 9.56. The largest absolute Gasteiger partial charge is 0.461 e.